The average Bonchev–Trinajstić information content (AvgIpc) is 2.62. The molecule has 1 aliphatic rings. The molecule has 8 heteroatoms. The normalized spacial score (nSPS) is 12.7. The number of fused-ring (bicyclic) bond motifs is 1. The van der Waals surface area contributed by atoms with Crippen LogP contribution in [0.1, 0.15) is 12.5 Å². The number of ether oxygens (including phenoxy) is 2. The Bertz CT molecular complexity index is 930. The maximum atomic E-state index is 12.3. The first kappa shape index (κ1) is 19.3. The first-order valence-electron chi connectivity index (χ1n) is 8.08. The van der Waals surface area contributed by atoms with Crippen molar-refractivity contribution in [3.63, 3.8) is 0 Å². The zero-order chi connectivity index (χ0) is 19.4. The van der Waals surface area contributed by atoms with E-state index >= 15 is 0 Å². The fourth-order valence-electron chi connectivity index (χ4n) is 2.49. The van der Waals surface area contributed by atoms with E-state index in [0.717, 1.165) is 4.47 Å². The molecule has 0 bridgehead atoms. The van der Waals surface area contributed by atoms with Gasteiger partial charge in [-0.3, -0.25) is 9.59 Å². The van der Waals surface area contributed by atoms with Crippen molar-refractivity contribution in [2.75, 3.05) is 23.8 Å². The van der Waals surface area contributed by atoms with Crippen LogP contribution in [0, 0.1) is 0 Å². The Balaban J connectivity index is 1.76. The molecule has 1 heterocycles. The molecule has 0 radical (unpaired) electrons. The number of carbonyl (C=O) groups excluding carboxylic acids is 2. The van der Waals surface area contributed by atoms with E-state index in [0.29, 0.717) is 46.7 Å². The topological polar surface area (TPSA) is 76.7 Å². The molecule has 6 nitrogen and oxygen atoms in total. The van der Waals surface area contributed by atoms with E-state index in [-0.39, 0.29) is 11.8 Å². The number of carbonyl (C=O) groups is 2. The summed E-state index contributed by atoms with van der Waals surface area (Å²) in [5.74, 6) is 0.479. The summed E-state index contributed by atoms with van der Waals surface area (Å²) in [5.41, 5.74) is 1.69. The van der Waals surface area contributed by atoms with Crippen molar-refractivity contribution < 1.29 is 19.1 Å². The second kappa shape index (κ2) is 8.45. The average molecular weight is 452 g/mol. The molecule has 140 valence electrons. The second-order valence-electron chi connectivity index (χ2n) is 5.72. The highest BCUT2D eigenvalue weighted by Gasteiger charge is 2.16. The lowest BCUT2D eigenvalue weighted by Crippen LogP contribution is -2.15. The Kier molecular flexibility index (Phi) is 6.03. The molecule has 2 aromatic carbocycles. The van der Waals surface area contributed by atoms with Crippen LogP contribution in [0.5, 0.6) is 11.5 Å². The van der Waals surface area contributed by atoms with Crippen molar-refractivity contribution in [2.24, 2.45) is 0 Å². The van der Waals surface area contributed by atoms with Gasteiger partial charge in [0.25, 0.3) is 0 Å². The Labute approximate surface area is 169 Å². The van der Waals surface area contributed by atoms with Gasteiger partial charge in [0.1, 0.15) is 13.2 Å². The van der Waals surface area contributed by atoms with E-state index in [1.165, 1.54) is 13.0 Å². The summed E-state index contributed by atoms with van der Waals surface area (Å²) in [5, 5.41) is 5.84. The number of amides is 2. The molecule has 3 rings (SSSR count). The third kappa shape index (κ3) is 5.02. The third-order valence-corrected chi connectivity index (χ3v) is 4.37. The Morgan fingerprint density at radius 3 is 2.67 bits per heavy atom. The van der Waals surface area contributed by atoms with E-state index in [1.54, 1.807) is 36.4 Å². The van der Waals surface area contributed by atoms with Crippen LogP contribution in [-0.2, 0) is 9.59 Å². The van der Waals surface area contributed by atoms with Gasteiger partial charge in [-0.1, -0.05) is 27.5 Å². The minimum Gasteiger partial charge on any atom is -0.486 e. The van der Waals surface area contributed by atoms with Crippen LogP contribution >= 0.6 is 27.5 Å². The summed E-state index contributed by atoms with van der Waals surface area (Å²) in [6, 6.07) is 8.63. The van der Waals surface area contributed by atoms with E-state index in [2.05, 4.69) is 26.6 Å². The molecule has 0 unspecified atom stereocenters. The molecule has 0 aromatic heterocycles. The number of hydrogen-bond acceptors (Lipinski definition) is 4. The summed E-state index contributed by atoms with van der Waals surface area (Å²) in [4.78, 5) is 23.6. The van der Waals surface area contributed by atoms with Gasteiger partial charge in [0, 0.05) is 17.5 Å². The number of hydrogen-bond donors (Lipinski definition) is 2. The van der Waals surface area contributed by atoms with Crippen LogP contribution in [-0.4, -0.2) is 25.0 Å². The standard InChI is InChI=1S/C19H16BrClN2O4/c1-11(24)22-15-4-3-13(20)10-16(15)23-18(25)5-2-12-8-14(21)19-17(9-12)26-6-7-27-19/h2-5,8-10H,6-7H2,1H3,(H,22,24)(H,23,25). The van der Waals surface area contributed by atoms with E-state index in [4.69, 9.17) is 21.1 Å². The third-order valence-electron chi connectivity index (χ3n) is 3.60. The van der Waals surface area contributed by atoms with E-state index < -0.39 is 0 Å². The lowest BCUT2D eigenvalue weighted by Gasteiger charge is -2.19. The molecule has 2 aromatic rings. The summed E-state index contributed by atoms with van der Waals surface area (Å²) < 4.78 is 11.8. The second-order valence-corrected chi connectivity index (χ2v) is 7.04. The van der Waals surface area contributed by atoms with Gasteiger partial charge in [0.15, 0.2) is 11.5 Å². The monoisotopic (exact) mass is 450 g/mol. The van der Waals surface area contributed by atoms with Crippen LogP contribution in [0.4, 0.5) is 11.4 Å². The minimum atomic E-state index is -0.356. The molecule has 1 aliphatic heterocycles. The number of nitrogens with one attached hydrogen (secondary N) is 2. The number of halogens is 2. The predicted octanol–water partition coefficient (Wildman–Crippen LogP) is 4.48. The van der Waals surface area contributed by atoms with Crippen molar-refractivity contribution in [3.05, 3.63) is 51.5 Å². The molecule has 0 fully saturated rings. The van der Waals surface area contributed by atoms with Crippen LogP contribution in [0.15, 0.2) is 40.9 Å². The Morgan fingerprint density at radius 2 is 1.89 bits per heavy atom. The van der Waals surface area contributed by atoms with E-state index in [9.17, 15) is 9.59 Å². The number of benzene rings is 2. The minimum absolute atomic E-state index is 0.228. The first-order valence-corrected chi connectivity index (χ1v) is 9.25. The van der Waals surface area contributed by atoms with Crippen molar-refractivity contribution in [1.82, 2.24) is 0 Å². The zero-order valence-corrected chi connectivity index (χ0v) is 16.7. The highest BCUT2D eigenvalue weighted by atomic mass is 79.9. The number of rotatable bonds is 4. The molecule has 0 atom stereocenters. The highest BCUT2D eigenvalue weighted by molar-refractivity contribution is 9.10. The number of anilines is 2. The van der Waals surface area contributed by atoms with Gasteiger partial charge in [-0.25, -0.2) is 0 Å². The maximum absolute atomic E-state index is 12.3. The molecule has 0 saturated heterocycles. The zero-order valence-electron chi connectivity index (χ0n) is 14.3. The summed E-state index contributed by atoms with van der Waals surface area (Å²) in [6.45, 7) is 2.30. The fraction of sp³-hybridized carbons (Fsp3) is 0.158. The van der Waals surface area contributed by atoms with Gasteiger partial charge in [-0.05, 0) is 42.0 Å². The van der Waals surface area contributed by atoms with E-state index in [1.807, 2.05) is 0 Å². The van der Waals surface area contributed by atoms with Crippen LogP contribution in [0.25, 0.3) is 6.08 Å². The quantitative estimate of drug-likeness (QED) is 0.672. The van der Waals surface area contributed by atoms with Crippen LogP contribution in [0.2, 0.25) is 5.02 Å². The van der Waals surface area contributed by atoms with Gasteiger partial charge in [-0.2, -0.15) is 0 Å². The summed E-state index contributed by atoms with van der Waals surface area (Å²) in [6.07, 6.45) is 3.00. The SMILES string of the molecule is CC(=O)Nc1ccc(Br)cc1NC(=O)C=Cc1cc(Cl)c2c(c1)OCCO2. The van der Waals surface area contributed by atoms with Crippen molar-refractivity contribution in [2.45, 2.75) is 6.92 Å². The largest absolute Gasteiger partial charge is 0.486 e. The summed E-state index contributed by atoms with van der Waals surface area (Å²) in [7, 11) is 0. The molecule has 2 N–H and O–H groups in total. The maximum Gasteiger partial charge on any atom is 0.248 e. The first-order chi connectivity index (χ1) is 12.9. The smallest absolute Gasteiger partial charge is 0.248 e. The lowest BCUT2D eigenvalue weighted by atomic mass is 10.1. The lowest BCUT2D eigenvalue weighted by molar-refractivity contribution is -0.114. The Morgan fingerprint density at radius 1 is 1.11 bits per heavy atom. The molecule has 2 amide bonds. The molecule has 0 spiro atoms. The molecular weight excluding hydrogens is 436 g/mol. The Hall–Kier alpha value is -2.51. The molecule has 0 saturated carbocycles. The van der Waals surface area contributed by atoms with Crippen molar-refractivity contribution >= 4 is 56.8 Å². The van der Waals surface area contributed by atoms with Gasteiger partial charge in [0.05, 0.1) is 16.4 Å². The van der Waals surface area contributed by atoms with Gasteiger partial charge >= 0.3 is 0 Å². The summed E-state index contributed by atoms with van der Waals surface area (Å²) >= 11 is 9.54. The van der Waals surface area contributed by atoms with Gasteiger partial charge in [0.2, 0.25) is 11.8 Å². The van der Waals surface area contributed by atoms with Crippen LogP contribution in [0.3, 0.4) is 0 Å². The van der Waals surface area contributed by atoms with Crippen molar-refractivity contribution in [1.29, 1.82) is 0 Å². The van der Waals surface area contributed by atoms with Gasteiger partial charge < -0.3 is 20.1 Å². The molecular formula is C19H16BrClN2O4. The molecule has 0 aliphatic carbocycles. The molecule has 27 heavy (non-hydrogen) atoms. The highest BCUT2D eigenvalue weighted by Crippen LogP contribution is 2.38. The van der Waals surface area contributed by atoms with Gasteiger partial charge in [-0.15, -0.1) is 0 Å². The van der Waals surface area contributed by atoms with Crippen molar-refractivity contribution in [3.8, 4) is 11.5 Å². The predicted molar refractivity (Wildman–Crippen MR) is 109 cm³/mol. The fourth-order valence-corrected chi connectivity index (χ4v) is 3.13. The van der Waals surface area contributed by atoms with Crippen LogP contribution < -0.4 is 20.1 Å².